The summed E-state index contributed by atoms with van der Waals surface area (Å²) in [5.41, 5.74) is 1.85. The monoisotopic (exact) mass is 244 g/mol. The second-order valence-electron chi connectivity index (χ2n) is 4.40. The van der Waals surface area contributed by atoms with E-state index in [4.69, 9.17) is 0 Å². The summed E-state index contributed by atoms with van der Waals surface area (Å²) in [6.07, 6.45) is 1.95. The van der Waals surface area contributed by atoms with Gasteiger partial charge in [0.15, 0.2) is 0 Å². The van der Waals surface area contributed by atoms with Gasteiger partial charge in [-0.15, -0.1) is 0 Å². The Hall–Kier alpha value is -2.10. The summed E-state index contributed by atoms with van der Waals surface area (Å²) in [6.45, 7) is 6.02. The second-order valence-corrected chi connectivity index (χ2v) is 4.40. The quantitative estimate of drug-likeness (QED) is 0.823. The summed E-state index contributed by atoms with van der Waals surface area (Å²) in [4.78, 5) is 25.0. The van der Waals surface area contributed by atoms with Crippen molar-refractivity contribution in [1.29, 1.82) is 0 Å². The molecule has 0 bridgehead atoms. The maximum Gasteiger partial charge on any atom is 0.247 e. The molecule has 1 N–H and O–H groups in total. The van der Waals surface area contributed by atoms with E-state index in [2.05, 4.69) is 11.9 Å². The molecule has 1 fully saturated rings. The number of nitrogens with one attached hydrogen (secondary N) is 1. The van der Waals surface area contributed by atoms with E-state index in [1.165, 1.54) is 11.0 Å². The predicted molar refractivity (Wildman–Crippen MR) is 70.1 cm³/mol. The van der Waals surface area contributed by atoms with Crippen LogP contribution in [0.3, 0.4) is 0 Å². The lowest BCUT2D eigenvalue weighted by molar-refractivity contribution is -0.141. The fourth-order valence-electron chi connectivity index (χ4n) is 1.99. The lowest BCUT2D eigenvalue weighted by atomic mass is 10.0. The van der Waals surface area contributed by atoms with Crippen LogP contribution >= 0.6 is 0 Å². The number of carbonyl (C=O) groups is 2. The van der Waals surface area contributed by atoms with Gasteiger partial charge < -0.3 is 10.2 Å². The molecular weight excluding hydrogens is 228 g/mol. The van der Waals surface area contributed by atoms with Crippen molar-refractivity contribution >= 4 is 17.5 Å². The van der Waals surface area contributed by atoms with Crippen molar-refractivity contribution in [3.05, 3.63) is 42.5 Å². The lowest BCUT2D eigenvalue weighted by Gasteiger charge is -2.39. The molecule has 2 amide bonds. The van der Waals surface area contributed by atoms with E-state index in [1.54, 1.807) is 0 Å². The van der Waals surface area contributed by atoms with Crippen molar-refractivity contribution in [3.63, 3.8) is 0 Å². The zero-order valence-corrected chi connectivity index (χ0v) is 10.3. The molecule has 0 aromatic heterocycles. The topological polar surface area (TPSA) is 49.4 Å². The summed E-state index contributed by atoms with van der Waals surface area (Å²) in [7, 11) is 0. The van der Waals surface area contributed by atoms with Gasteiger partial charge in [-0.25, -0.2) is 0 Å². The zero-order chi connectivity index (χ0) is 13.1. The Morgan fingerprint density at radius 1 is 1.50 bits per heavy atom. The third kappa shape index (κ3) is 2.42. The van der Waals surface area contributed by atoms with Crippen LogP contribution in [0.5, 0.6) is 0 Å². The molecule has 1 atom stereocenters. The van der Waals surface area contributed by atoms with Crippen molar-refractivity contribution in [2.75, 3.05) is 11.9 Å². The summed E-state index contributed by atoms with van der Waals surface area (Å²) in [6, 6.07) is 7.22. The minimum atomic E-state index is -0.365. The van der Waals surface area contributed by atoms with Crippen LogP contribution in [0.1, 0.15) is 12.0 Å². The molecule has 1 unspecified atom stereocenters. The molecule has 0 saturated carbocycles. The molecule has 1 heterocycles. The van der Waals surface area contributed by atoms with E-state index >= 15 is 0 Å². The van der Waals surface area contributed by atoms with Gasteiger partial charge in [-0.1, -0.05) is 18.7 Å². The first-order valence-electron chi connectivity index (χ1n) is 5.92. The molecule has 18 heavy (non-hydrogen) atoms. The normalized spacial score (nSPS) is 17.8. The highest BCUT2D eigenvalue weighted by Gasteiger charge is 2.36. The zero-order valence-electron chi connectivity index (χ0n) is 10.3. The van der Waals surface area contributed by atoms with Crippen LogP contribution in [0.25, 0.3) is 0 Å². The van der Waals surface area contributed by atoms with E-state index in [1.807, 2.05) is 31.2 Å². The molecule has 0 spiro atoms. The molecule has 2 rings (SSSR count). The van der Waals surface area contributed by atoms with Gasteiger partial charge in [0.05, 0.1) is 0 Å². The number of nitrogens with zero attached hydrogens (tertiary/aromatic N) is 1. The summed E-state index contributed by atoms with van der Waals surface area (Å²) < 4.78 is 0. The minimum Gasteiger partial charge on any atom is -0.327 e. The van der Waals surface area contributed by atoms with Crippen molar-refractivity contribution < 1.29 is 9.59 Å². The van der Waals surface area contributed by atoms with E-state index in [0.717, 1.165) is 11.3 Å². The smallest absolute Gasteiger partial charge is 0.247 e. The van der Waals surface area contributed by atoms with Crippen LogP contribution < -0.4 is 5.32 Å². The molecule has 4 nitrogen and oxygen atoms in total. The predicted octanol–water partition coefficient (Wildman–Crippen LogP) is 1.72. The third-order valence-electron chi connectivity index (χ3n) is 3.07. The molecule has 1 saturated heterocycles. The van der Waals surface area contributed by atoms with Gasteiger partial charge in [-0.3, -0.25) is 9.59 Å². The number of rotatable bonds is 3. The molecule has 0 radical (unpaired) electrons. The number of amides is 2. The van der Waals surface area contributed by atoms with Gasteiger partial charge in [0.25, 0.3) is 0 Å². The average Bonchev–Trinajstić information content (AvgIpc) is 2.27. The Kier molecular flexibility index (Phi) is 3.46. The van der Waals surface area contributed by atoms with Crippen molar-refractivity contribution in [2.24, 2.45) is 0 Å². The highest BCUT2D eigenvalue weighted by Crippen LogP contribution is 2.20. The first kappa shape index (κ1) is 12.4. The van der Waals surface area contributed by atoms with Crippen LogP contribution in [-0.4, -0.2) is 29.3 Å². The van der Waals surface area contributed by atoms with Crippen LogP contribution in [0.4, 0.5) is 5.69 Å². The van der Waals surface area contributed by atoms with Crippen molar-refractivity contribution in [1.82, 2.24) is 4.90 Å². The number of benzene rings is 1. The van der Waals surface area contributed by atoms with Crippen molar-refractivity contribution in [2.45, 2.75) is 19.4 Å². The fourth-order valence-corrected chi connectivity index (χ4v) is 1.99. The highest BCUT2D eigenvalue weighted by molar-refractivity contribution is 6.00. The van der Waals surface area contributed by atoms with Crippen LogP contribution in [0, 0.1) is 6.92 Å². The van der Waals surface area contributed by atoms with Gasteiger partial charge in [0, 0.05) is 12.2 Å². The number of anilines is 1. The number of hydrogen-bond donors (Lipinski definition) is 1. The SMILES string of the molecule is C=CC(=O)N1CCC1C(=O)Nc1cccc(C)c1. The van der Waals surface area contributed by atoms with Gasteiger partial charge in [0.1, 0.15) is 6.04 Å². The van der Waals surface area contributed by atoms with E-state index in [0.29, 0.717) is 13.0 Å². The standard InChI is InChI=1S/C14H16N2O2/c1-3-13(17)16-8-7-12(16)14(18)15-11-6-4-5-10(2)9-11/h3-6,9,12H,1,7-8H2,2H3,(H,15,18). The van der Waals surface area contributed by atoms with E-state index < -0.39 is 0 Å². The fraction of sp³-hybridized carbons (Fsp3) is 0.286. The van der Waals surface area contributed by atoms with Crippen LogP contribution in [0.15, 0.2) is 36.9 Å². The summed E-state index contributed by atoms with van der Waals surface area (Å²) >= 11 is 0. The number of aryl methyl sites for hydroxylation is 1. The van der Waals surface area contributed by atoms with Gasteiger partial charge in [0.2, 0.25) is 11.8 Å². The molecule has 0 aliphatic carbocycles. The maximum atomic E-state index is 12.0. The molecule has 1 aromatic carbocycles. The lowest BCUT2D eigenvalue weighted by Crippen LogP contribution is -2.56. The average molecular weight is 244 g/mol. The van der Waals surface area contributed by atoms with Crippen LogP contribution in [-0.2, 0) is 9.59 Å². The summed E-state index contributed by atoms with van der Waals surface area (Å²) in [5, 5.41) is 2.83. The van der Waals surface area contributed by atoms with Gasteiger partial charge in [-0.2, -0.15) is 0 Å². The van der Waals surface area contributed by atoms with Crippen LogP contribution in [0.2, 0.25) is 0 Å². The first-order valence-corrected chi connectivity index (χ1v) is 5.92. The summed E-state index contributed by atoms with van der Waals surface area (Å²) in [5.74, 6) is -0.326. The highest BCUT2D eigenvalue weighted by atomic mass is 16.2. The Morgan fingerprint density at radius 2 is 2.28 bits per heavy atom. The number of likely N-dealkylation sites (tertiary alicyclic amines) is 1. The molecule has 1 aromatic rings. The molecule has 1 aliphatic rings. The Morgan fingerprint density at radius 3 is 2.83 bits per heavy atom. The maximum absolute atomic E-state index is 12.0. The molecular formula is C14H16N2O2. The Balaban J connectivity index is 2.00. The van der Waals surface area contributed by atoms with E-state index in [-0.39, 0.29) is 17.9 Å². The van der Waals surface area contributed by atoms with Gasteiger partial charge >= 0.3 is 0 Å². The first-order chi connectivity index (χ1) is 8.61. The number of carbonyl (C=O) groups excluding carboxylic acids is 2. The second kappa shape index (κ2) is 5.04. The number of hydrogen-bond acceptors (Lipinski definition) is 2. The molecule has 94 valence electrons. The van der Waals surface area contributed by atoms with Gasteiger partial charge in [-0.05, 0) is 37.1 Å². The third-order valence-corrected chi connectivity index (χ3v) is 3.07. The largest absolute Gasteiger partial charge is 0.327 e. The van der Waals surface area contributed by atoms with Crippen molar-refractivity contribution in [3.8, 4) is 0 Å². The van der Waals surface area contributed by atoms with E-state index in [9.17, 15) is 9.59 Å². The Bertz CT molecular complexity index is 496. The minimum absolute atomic E-state index is 0.137. The molecule has 4 heteroatoms. The molecule has 1 aliphatic heterocycles. The Labute approximate surface area is 106 Å².